The van der Waals surface area contributed by atoms with Crippen LogP contribution < -0.4 is 5.32 Å². The molecule has 0 spiro atoms. The van der Waals surface area contributed by atoms with Crippen LogP contribution in [0.4, 0.5) is 0 Å². The summed E-state index contributed by atoms with van der Waals surface area (Å²) in [5.41, 5.74) is 0. The van der Waals surface area contributed by atoms with E-state index in [2.05, 4.69) is 32.2 Å². The van der Waals surface area contributed by atoms with Crippen molar-refractivity contribution in [1.29, 1.82) is 0 Å². The maximum atomic E-state index is 5.63. The third-order valence-corrected chi connectivity index (χ3v) is 3.07. The highest BCUT2D eigenvalue weighted by Crippen LogP contribution is 2.17. The Kier molecular flexibility index (Phi) is 5.61. The summed E-state index contributed by atoms with van der Waals surface area (Å²) >= 11 is 0. The van der Waals surface area contributed by atoms with Crippen LogP contribution in [0.5, 0.6) is 0 Å². The molecular formula is C14H25NO. The van der Waals surface area contributed by atoms with Gasteiger partial charge in [-0.1, -0.05) is 26.7 Å². The summed E-state index contributed by atoms with van der Waals surface area (Å²) in [7, 11) is 0. The van der Waals surface area contributed by atoms with Crippen molar-refractivity contribution in [3.63, 3.8) is 0 Å². The van der Waals surface area contributed by atoms with Gasteiger partial charge >= 0.3 is 0 Å². The SMILES string of the molecule is CCCCC(CC)NC(C)c1ccc(C)o1. The van der Waals surface area contributed by atoms with Gasteiger partial charge in [0.2, 0.25) is 0 Å². The molecule has 2 nitrogen and oxygen atoms in total. The maximum Gasteiger partial charge on any atom is 0.120 e. The van der Waals surface area contributed by atoms with Gasteiger partial charge < -0.3 is 9.73 Å². The van der Waals surface area contributed by atoms with E-state index in [4.69, 9.17) is 4.42 Å². The van der Waals surface area contributed by atoms with Gasteiger partial charge in [-0.3, -0.25) is 0 Å². The first kappa shape index (κ1) is 13.3. The molecule has 1 rings (SSSR count). The molecule has 0 radical (unpaired) electrons. The minimum absolute atomic E-state index is 0.315. The molecule has 2 unspecified atom stereocenters. The monoisotopic (exact) mass is 223 g/mol. The van der Waals surface area contributed by atoms with Gasteiger partial charge in [0.15, 0.2) is 0 Å². The zero-order valence-corrected chi connectivity index (χ0v) is 11.0. The first-order valence-corrected chi connectivity index (χ1v) is 6.49. The number of hydrogen-bond acceptors (Lipinski definition) is 2. The molecule has 0 aliphatic carbocycles. The fourth-order valence-electron chi connectivity index (χ4n) is 1.98. The first-order valence-electron chi connectivity index (χ1n) is 6.49. The maximum absolute atomic E-state index is 5.63. The minimum atomic E-state index is 0.315. The molecule has 0 bridgehead atoms. The van der Waals surface area contributed by atoms with Crippen molar-refractivity contribution in [2.24, 2.45) is 0 Å². The van der Waals surface area contributed by atoms with Crippen molar-refractivity contribution in [2.45, 2.75) is 65.5 Å². The molecule has 16 heavy (non-hydrogen) atoms. The van der Waals surface area contributed by atoms with Gasteiger partial charge in [-0.15, -0.1) is 0 Å². The molecule has 2 heteroatoms. The van der Waals surface area contributed by atoms with Crippen LogP contribution >= 0.6 is 0 Å². The minimum Gasteiger partial charge on any atom is -0.465 e. The smallest absolute Gasteiger partial charge is 0.120 e. The fraction of sp³-hybridized carbons (Fsp3) is 0.714. The number of aryl methyl sites for hydroxylation is 1. The van der Waals surface area contributed by atoms with Crippen LogP contribution in [-0.4, -0.2) is 6.04 Å². The van der Waals surface area contributed by atoms with Crippen LogP contribution in [0, 0.1) is 6.92 Å². The summed E-state index contributed by atoms with van der Waals surface area (Å²) in [5, 5.41) is 3.64. The molecule has 0 amide bonds. The van der Waals surface area contributed by atoms with Gasteiger partial charge in [-0.25, -0.2) is 0 Å². The molecule has 0 aromatic carbocycles. The average Bonchev–Trinajstić information content (AvgIpc) is 2.70. The van der Waals surface area contributed by atoms with E-state index in [1.807, 2.05) is 13.0 Å². The summed E-state index contributed by atoms with van der Waals surface area (Å²) in [6.07, 6.45) is 5.02. The predicted molar refractivity (Wildman–Crippen MR) is 68.6 cm³/mol. The Morgan fingerprint density at radius 3 is 2.56 bits per heavy atom. The Labute approximate surface area is 99.4 Å². The average molecular weight is 223 g/mol. The van der Waals surface area contributed by atoms with Crippen LogP contribution in [0.1, 0.15) is 64.0 Å². The molecule has 1 heterocycles. The third kappa shape index (κ3) is 4.01. The topological polar surface area (TPSA) is 25.2 Å². The van der Waals surface area contributed by atoms with Crippen molar-refractivity contribution in [3.05, 3.63) is 23.7 Å². The summed E-state index contributed by atoms with van der Waals surface area (Å²) < 4.78 is 5.63. The predicted octanol–water partition coefficient (Wildman–Crippen LogP) is 4.21. The Bertz CT molecular complexity index is 293. The second-order valence-corrected chi connectivity index (χ2v) is 4.58. The zero-order valence-electron chi connectivity index (χ0n) is 11.0. The van der Waals surface area contributed by atoms with E-state index in [1.165, 1.54) is 25.7 Å². The molecule has 1 N–H and O–H groups in total. The molecule has 0 saturated carbocycles. The van der Waals surface area contributed by atoms with Crippen LogP contribution in [0.25, 0.3) is 0 Å². The summed E-state index contributed by atoms with van der Waals surface area (Å²) in [6, 6.07) is 5.02. The van der Waals surface area contributed by atoms with E-state index in [9.17, 15) is 0 Å². The fourth-order valence-corrected chi connectivity index (χ4v) is 1.98. The van der Waals surface area contributed by atoms with Crippen LogP contribution in [0.2, 0.25) is 0 Å². The molecule has 92 valence electrons. The van der Waals surface area contributed by atoms with E-state index >= 15 is 0 Å². The van der Waals surface area contributed by atoms with Crippen molar-refractivity contribution >= 4 is 0 Å². The van der Waals surface area contributed by atoms with E-state index in [-0.39, 0.29) is 0 Å². The van der Waals surface area contributed by atoms with Gasteiger partial charge in [0.25, 0.3) is 0 Å². The standard InChI is InChI=1S/C14H25NO/c1-5-7-8-13(6-2)15-12(4)14-10-9-11(3)16-14/h9-10,12-13,15H,5-8H2,1-4H3. The Morgan fingerprint density at radius 1 is 1.31 bits per heavy atom. The second-order valence-electron chi connectivity index (χ2n) is 4.58. The Morgan fingerprint density at radius 2 is 2.06 bits per heavy atom. The lowest BCUT2D eigenvalue weighted by atomic mass is 10.1. The summed E-state index contributed by atoms with van der Waals surface area (Å²) in [5.74, 6) is 2.04. The number of hydrogen-bond donors (Lipinski definition) is 1. The molecule has 0 aliphatic heterocycles. The van der Waals surface area contributed by atoms with Crippen LogP contribution in [0.3, 0.4) is 0 Å². The van der Waals surface area contributed by atoms with Gasteiger partial charge in [0.1, 0.15) is 11.5 Å². The van der Waals surface area contributed by atoms with Crippen LogP contribution in [0.15, 0.2) is 16.5 Å². The van der Waals surface area contributed by atoms with Crippen molar-refractivity contribution in [1.82, 2.24) is 5.32 Å². The van der Waals surface area contributed by atoms with Gasteiger partial charge in [0.05, 0.1) is 6.04 Å². The van der Waals surface area contributed by atoms with Crippen molar-refractivity contribution in [2.75, 3.05) is 0 Å². The van der Waals surface area contributed by atoms with Crippen LogP contribution in [-0.2, 0) is 0 Å². The zero-order chi connectivity index (χ0) is 12.0. The first-order chi connectivity index (χ1) is 7.67. The number of rotatable bonds is 7. The number of unbranched alkanes of at least 4 members (excludes halogenated alkanes) is 1. The molecule has 1 aromatic rings. The lowest BCUT2D eigenvalue weighted by molar-refractivity contribution is 0.359. The molecule has 1 aromatic heterocycles. The Hall–Kier alpha value is -0.760. The molecule has 2 atom stereocenters. The number of nitrogens with one attached hydrogen (secondary N) is 1. The van der Waals surface area contributed by atoms with Crippen molar-refractivity contribution < 1.29 is 4.42 Å². The van der Waals surface area contributed by atoms with Gasteiger partial charge in [-0.2, -0.15) is 0 Å². The molecule has 0 aliphatic rings. The largest absolute Gasteiger partial charge is 0.465 e. The highest BCUT2D eigenvalue weighted by molar-refractivity contribution is 5.09. The van der Waals surface area contributed by atoms with Gasteiger partial charge in [0, 0.05) is 6.04 Å². The second kappa shape index (κ2) is 6.74. The van der Waals surface area contributed by atoms with E-state index in [1.54, 1.807) is 0 Å². The van der Waals surface area contributed by atoms with E-state index in [0.29, 0.717) is 12.1 Å². The molecule has 0 fully saturated rings. The van der Waals surface area contributed by atoms with E-state index < -0.39 is 0 Å². The van der Waals surface area contributed by atoms with Gasteiger partial charge in [-0.05, 0) is 38.8 Å². The quantitative estimate of drug-likeness (QED) is 0.749. The lowest BCUT2D eigenvalue weighted by Gasteiger charge is -2.20. The molecule has 0 saturated heterocycles. The van der Waals surface area contributed by atoms with Crippen molar-refractivity contribution in [3.8, 4) is 0 Å². The highest BCUT2D eigenvalue weighted by atomic mass is 16.3. The summed E-state index contributed by atoms with van der Waals surface area (Å²) in [4.78, 5) is 0. The normalized spacial score (nSPS) is 15.0. The molecular weight excluding hydrogens is 198 g/mol. The third-order valence-electron chi connectivity index (χ3n) is 3.07. The number of furan rings is 1. The summed E-state index contributed by atoms with van der Waals surface area (Å²) in [6.45, 7) is 8.65. The Balaban J connectivity index is 2.45. The highest BCUT2D eigenvalue weighted by Gasteiger charge is 2.13. The lowest BCUT2D eigenvalue weighted by Crippen LogP contribution is -2.30. The van der Waals surface area contributed by atoms with E-state index in [0.717, 1.165) is 11.5 Å².